The molecule has 3 amide bonds. The Morgan fingerprint density at radius 3 is 2.37 bits per heavy atom. The third-order valence-corrected chi connectivity index (χ3v) is 8.43. The van der Waals surface area contributed by atoms with Gasteiger partial charge in [0, 0.05) is 72.2 Å². The molecule has 0 aliphatic carbocycles. The highest BCUT2D eigenvalue weighted by Gasteiger charge is 2.44. The number of anilines is 2. The van der Waals surface area contributed by atoms with Gasteiger partial charge in [-0.1, -0.05) is 12.1 Å². The molecular weight excluding hydrogens is 629 g/mol. The van der Waals surface area contributed by atoms with Gasteiger partial charge in [-0.2, -0.15) is 0 Å². The third-order valence-electron chi connectivity index (χ3n) is 8.43. The number of para-hydroxylation sites is 1. The number of benzene rings is 2. The molecule has 3 heterocycles. The fourth-order valence-electron chi connectivity index (χ4n) is 5.77. The molecule has 3 aromatic rings. The summed E-state index contributed by atoms with van der Waals surface area (Å²) >= 11 is 0. The molecule has 0 fully saturated rings. The second-order valence-corrected chi connectivity index (χ2v) is 12.0. The van der Waals surface area contributed by atoms with Crippen LogP contribution in [0.1, 0.15) is 41.8 Å². The van der Waals surface area contributed by atoms with Gasteiger partial charge in [0.15, 0.2) is 0 Å². The normalized spacial score (nSPS) is 14.8. The quantitative estimate of drug-likeness (QED) is 0.212. The average molecular weight is 673 g/mol. The number of fused-ring (bicyclic) bond motifs is 2. The summed E-state index contributed by atoms with van der Waals surface area (Å²) < 4.78 is 11.9. The second kappa shape index (κ2) is 15.6. The Hall–Kier alpha value is -3.86. The maximum absolute atomic E-state index is 13.3. The Kier molecular flexibility index (Phi) is 12.4. The molecule has 10 nitrogen and oxygen atoms in total. The van der Waals surface area contributed by atoms with Crippen molar-refractivity contribution in [2.24, 2.45) is 5.41 Å². The number of pyridine rings is 1. The number of nitrogens with zero attached hydrogens (tertiary/aromatic N) is 5. The van der Waals surface area contributed by atoms with E-state index in [1.165, 1.54) is 9.80 Å². The number of ether oxygens (including phenoxy) is 2. The number of halogens is 2. The van der Waals surface area contributed by atoms with Crippen LogP contribution in [0.2, 0.25) is 0 Å². The summed E-state index contributed by atoms with van der Waals surface area (Å²) in [6.07, 6.45) is 5.15. The molecule has 0 N–H and O–H groups in total. The Balaban J connectivity index is 0.00000288. The number of aromatic nitrogens is 1. The minimum absolute atomic E-state index is 0. The Bertz CT molecular complexity index is 1540. The van der Waals surface area contributed by atoms with Crippen LogP contribution in [-0.2, 0) is 22.6 Å². The summed E-state index contributed by atoms with van der Waals surface area (Å²) in [5, 5.41) is 0. The summed E-state index contributed by atoms with van der Waals surface area (Å²) in [7, 11) is 5.21. The molecule has 0 atom stereocenters. The molecule has 46 heavy (non-hydrogen) atoms. The lowest BCUT2D eigenvalue weighted by atomic mass is 9.90. The molecule has 0 saturated carbocycles. The zero-order chi connectivity index (χ0) is 31.4. The molecule has 0 spiro atoms. The Morgan fingerprint density at radius 1 is 0.957 bits per heavy atom. The molecule has 5 rings (SSSR count). The highest BCUT2D eigenvalue weighted by atomic mass is 35.5. The largest absolute Gasteiger partial charge is 0.493 e. The summed E-state index contributed by atoms with van der Waals surface area (Å²) in [6.45, 7) is 7.10. The smallest absolute Gasteiger partial charge is 0.257 e. The topological polar surface area (TPSA) is 95.5 Å². The van der Waals surface area contributed by atoms with E-state index in [-0.39, 0.29) is 42.5 Å². The monoisotopic (exact) mass is 671 g/mol. The molecule has 248 valence electrons. The van der Waals surface area contributed by atoms with Crippen LogP contribution in [-0.4, -0.2) is 86.5 Å². The van der Waals surface area contributed by atoms with Crippen molar-refractivity contribution >= 4 is 53.9 Å². The van der Waals surface area contributed by atoms with Crippen molar-refractivity contribution in [3.05, 3.63) is 77.6 Å². The van der Waals surface area contributed by atoms with Crippen molar-refractivity contribution in [1.29, 1.82) is 0 Å². The zero-order valence-electron chi connectivity index (χ0n) is 27.0. The number of hydrogen-bond acceptors (Lipinski definition) is 7. The number of rotatable bonds is 11. The van der Waals surface area contributed by atoms with Gasteiger partial charge in [0.25, 0.3) is 5.91 Å². The lowest BCUT2D eigenvalue weighted by molar-refractivity contribution is -0.137. The van der Waals surface area contributed by atoms with Crippen molar-refractivity contribution in [3.8, 4) is 11.5 Å². The fourth-order valence-corrected chi connectivity index (χ4v) is 5.77. The van der Waals surface area contributed by atoms with Crippen LogP contribution >= 0.6 is 24.8 Å². The van der Waals surface area contributed by atoms with E-state index in [9.17, 15) is 14.4 Å². The van der Waals surface area contributed by atoms with E-state index in [0.717, 1.165) is 37.1 Å². The summed E-state index contributed by atoms with van der Waals surface area (Å²) in [5.41, 5.74) is 2.98. The molecular formula is C34H43Cl2N5O5. The van der Waals surface area contributed by atoms with Gasteiger partial charge in [-0.25, -0.2) is 0 Å². The van der Waals surface area contributed by atoms with Crippen molar-refractivity contribution in [2.45, 2.75) is 33.2 Å². The van der Waals surface area contributed by atoms with Crippen LogP contribution in [0.15, 0.2) is 60.9 Å². The highest BCUT2D eigenvalue weighted by molar-refractivity contribution is 6.19. The van der Waals surface area contributed by atoms with E-state index in [0.29, 0.717) is 54.7 Å². The Morgan fingerprint density at radius 2 is 1.65 bits per heavy atom. The minimum Gasteiger partial charge on any atom is -0.493 e. The first-order valence-electron chi connectivity index (χ1n) is 15.0. The van der Waals surface area contributed by atoms with E-state index in [4.69, 9.17) is 9.47 Å². The van der Waals surface area contributed by atoms with Gasteiger partial charge in [-0.3, -0.25) is 24.3 Å². The molecule has 2 aromatic carbocycles. The summed E-state index contributed by atoms with van der Waals surface area (Å²) in [4.78, 5) is 50.6. The van der Waals surface area contributed by atoms with Crippen molar-refractivity contribution < 1.29 is 23.9 Å². The SMILES string of the molecule is CN(CCN(CCCOc1ccc2c(c1)N(C)C(=O)C(C)(C)C(=O)N2C)Cc1ccncc1)C(=O)c1cccc2c1OCC2.Cl.Cl. The number of likely N-dealkylation sites (N-methyl/N-ethyl adjacent to an activating group) is 1. The Labute approximate surface area is 283 Å². The maximum atomic E-state index is 13.3. The van der Waals surface area contributed by atoms with Gasteiger partial charge in [-0.15, -0.1) is 24.8 Å². The van der Waals surface area contributed by atoms with Crippen LogP contribution in [0.25, 0.3) is 0 Å². The van der Waals surface area contributed by atoms with Crippen LogP contribution in [0.5, 0.6) is 11.5 Å². The van der Waals surface area contributed by atoms with Crippen LogP contribution in [0, 0.1) is 5.41 Å². The van der Waals surface area contributed by atoms with E-state index in [1.807, 2.05) is 55.6 Å². The lowest BCUT2D eigenvalue weighted by Crippen LogP contribution is -2.46. The zero-order valence-corrected chi connectivity index (χ0v) is 28.7. The van der Waals surface area contributed by atoms with Gasteiger partial charge in [0.05, 0.1) is 30.2 Å². The maximum Gasteiger partial charge on any atom is 0.257 e. The summed E-state index contributed by atoms with van der Waals surface area (Å²) in [6, 6.07) is 15.2. The molecule has 0 bridgehead atoms. The first-order valence-corrected chi connectivity index (χ1v) is 15.0. The first-order chi connectivity index (χ1) is 21.1. The van der Waals surface area contributed by atoms with Crippen molar-refractivity contribution in [2.75, 3.05) is 63.8 Å². The highest BCUT2D eigenvalue weighted by Crippen LogP contribution is 2.39. The van der Waals surface area contributed by atoms with E-state index >= 15 is 0 Å². The molecule has 0 radical (unpaired) electrons. The van der Waals surface area contributed by atoms with Crippen LogP contribution in [0.3, 0.4) is 0 Å². The lowest BCUT2D eigenvalue weighted by Gasteiger charge is -2.26. The molecule has 1 aromatic heterocycles. The van der Waals surface area contributed by atoms with E-state index < -0.39 is 5.41 Å². The third kappa shape index (κ3) is 7.74. The first kappa shape index (κ1) is 36.6. The van der Waals surface area contributed by atoms with Crippen molar-refractivity contribution in [3.63, 3.8) is 0 Å². The number of carbonyl (C=O) groups excluding carboxylic acids is 3. The predicted molar refractivity (Wildman–Crippen MR) is 184 cm³/mol. The van der Waals surface area contributed by atoms with E-state index in [2.05, 4.69) is 9.88 Å². The van der Waals surface area contributed by atoms with Crippen LogP contribution < -0.4 is 19.3 Å². The number of hydrogen-bond donors (Lipinski definition) is 0. The second-order valence-electron chi connectivity index (χ2n) is 12.0. The average Bonchev–Trinajstić information content (AvgIpc) is 3.52. The van der Waals surface area contributed by atoms with Gasteiger partial charge in [-0.05, 0) is 61.7 Å². The fraction of sp³-hybridized carbons (Fsp3) is 0.412. The van der Waals surface area contributed by atoms with Gasteiger partial charge in [0.1, 0.15) is 16.9 Å². The molecule has 2 aliphatic rings. The molecule has 0 unspecified atom stereocenters. The molecule has 2 aliphatic heterocycles. The predicted octanol–water partition coefficient (Wildman–Crippen LogP) is 4.87. The molecule has 12 heteroatoms. The van der Waals surface area contributed by atoms with Gasteiger partial charge in [0.2, 0.25) is 11.8 Å². The molecule has 0 saturated heterocycles. The number of carbonyl (C=O) groups is 3. The van der Waals surface area contributed by atoms with Crippen LogP contribution in [0.4, 0.5) is 11.4 Å². The van der Waals surface area contributed by atoms with E-state index in [1.54, 1.807) is 45.2 Å². The minimum atomic E-state index is -1.16. The number of amides is 3. The summed E-state index contributed by atoms with van der Waals surface area (Å²) in [5.74, 6) is 0.797. The van der Waals surface area contributed by atoms with Crippen molar-refractivity contribution in [1.82, 2.24) is 14.8 Å². The van der Waals surface area contributed by atoms with Gasteiger partial charge < -0.3 is 24.2 Å². The van der Waals surface area contributed by atoms with Gasteiger partial charge >= 0.3 is 0 Å². The standard InChI is InChI=1S/C34H41N5O5.2ClH/c1-34(2)32(41)37(4)28-11-10-26(22-29(28)38(5)33(34)42)43-20-7-17-39(23-24-12-15-35-16-13-24)19-18-36(3)31(40)27-9-6-8-25-14-21-44-30(25)27;;/h6,8-13,15-16,22H,7,14,17-21,23H2,1-5H3;2*1H.